The number of ether oxygens (including phenoxy) is 1. The van der Waals surface area contributed by atoms with Crippen molar-refractivity contribution in [1.29, 1.82) is 0 Å². The molecule has 1 heterocycles. The zero-order valence-electron chi connectivity index (χ0n) is 11.0. The number of benzene rings is 2. The summed E-state index contributed by atoms with van der Waals surface area (Å²) in [6.07, 6.45) is 0. The maximum absolute atomic E-state index is 12.1. The molecule has 20 heavy (non-hydrogen) atoms. The van der Waals surface area contributed by atoms with Crippen molar-refractivity contribution in [1.82, 2.24) is 4.98 Å². The second-order valence-corrected chi connectivity index (χ2v) is 4.42. The van der Waals surface area contributed by atoms with Crippen molar-refractivity contribution in [3.8, 4) is 5.75 Å². The van der Waals surface area contributed by atoms with Gasteiger partial charge in [-0.15, -0.1) is 0 Å². The predicted molar refractivity (Wildman–Crippen MR) is 80.8 cm³/mol. The van der Waals surface area contributed by atoms with Crippen molar-refractivity contribution in [2.45, 2.75) is 0 Å². The van der Waals surface area contributed by atoms with E-state index >= 15 is 0 Å². The maximum Gasteiger partial charge on any atom is 0.272 e. The predicted octanol–water partition coefficient (Wildman–Crippen LogP) is 3.28. The van der Waals surface area contributed by atoms with Crippen molar-refractivity contribution in [2.75, 3.05) is 12.4 Å². The normalized spacial score (nSPS) is 10.4. The van der Waals surface area contributed by atoms with Crippen LogP contribution >= 0.6 is 0 Å². The number of methoxy groups -OCH3 is 1. The second kappa shape index (κ2) is 5.09. The van der Waals surface area contributed by atoms with Gasteiger partial charge in [0, 0.05) is 10.9 Å². The molecule has 0 bridgehead atoms. The molecule has 0 amide bonds. The molecule has 0 saturated carbocycles. The average Bonchev–Trinajstić information content (AvgIpc) is 2.48. The number of pyridine rings is 1. The van der Waals surface area contributed by atoms with Crippen molar-refractivity contribution in [3.05, 3.63) is 65.0 Å². The van der Waals surface area contributed by atoms with Crippen LogP contribution in [0.4, 0.5) is 11.4 Å². The van der Waals surface area contributed by atoms with Gasteiger partial charge in [0.15, 0.2) is 0 Å². The molecule has 1 aromatic heterocycles. The molecular formula is C16H14N2O2. The number of hydrogen-bond acceptors (Lipinski definition) is 3. The molecule has 4 heteroatoms. The first kappa shape index (κ1) is 12.3. The fourth-order valence-corrected chi connectivity index (χ4v) is 2.13. The van der Waals surface area contributed by atoms with Crippen LogP contribution in [0.3, 0.4) is 0 Å². The molecule has 0 unspecified atom stereocenters. The summed E-state index contributed by atoms with van der Waals surface area (Å²) in [5.41, 5.74) is 1.92. The van der Waals surface area contributed by atoms with Gasteiger partial charge in [0.2, 0.25) is 0 Å². The van der Waals surface area contributed by atoms with Gasteiger partial charge in [0.25, 0.3) is 5.56 Å². The number of anilines is 2. The summed E-state index contributed by atoms with van der Waals surface area (Å²) < 4.78 is 5.27. The number of aromatic amines is 1. The highest BCUT2D eigenvalue weighted by molar-refractivity contribution is 5.82. The summed E-state index contributed by atoms with van der Waals surface area (Å²) in [7, 11) is 1.60. The Kier molecular flexibility index (Phi) is 3.13. The van der Waals surface area contributed by atoms with Gasteiger partial charge in [0.1, 0.15) is 11.4 Å². The molecule has 0 aliphatic heterocycles. The lowest BCUT2D eigenvalue weighted by molar-refractivity contribution is 0.417. The molecule has 100 valence electrons. The number of aromatic nitrogens is 1. The molecule has 0 fully saturated rings. The van der Waals surface area contributed by atoms with E-state index in [1.165, 1.54) is 0 Å². The highest BCUT2D eigenvalue weighted by atomic mass is 16.5. The first-order valence-electron chi connectivity index (χ1n) is 6.30. The molecule has 0 saturated heterocycles. The Bertz CT molecular complexity index is 809. The number of nitrogens with one attached hydrogen (secondary N) is 2. The maximum atomic E-state index is 12.1. The molecule has 3 rings (SSSR count). The lowest BCUT2D eigenvalue weighted by Gasteiger charge is -2.10. The summed E-state index contributed by atoms with van der Waals surface area (Å²) >= 11 is 0. The highest BCUT2D eigenvalue weighted by Crippen LogP contribution is 2.26. The lowest BCUT2D eigenvalue weighted by atomic mass is 10.2. The summed E-state index contributed by atoms with van der Waals surface area (Å²) in [6.45, 7) is 0. The Balaban J connectivity index is 2.06. The van der Waals surface area contributed by atoms with Crippen LogP contribution in [0.15, 0.2) is 59.4 Å². The monoisotopic (exact) mass is 266 g/mol. The van der Waals surface area contributed by atoms with E-state index in [0.717, 1.165) is 16.6 Å². The van der Waals surface area contributed by atoms with Crippen molar-refractivity contribution in [2.24, 2.45) is 0 Å². The Hall–Kier alpha value is -2.75. The third kappa shape index (κ3) is 2.23. The van der Waals surface area contributed by atoms with Gasteiger partial charge in [-0.25, -0.2) is 0 Å². The summed E-state index contributed by atoms with van der Waals surface area (Å²) in [5, 5.41) is 4.09. The number of fused-ring (bicyclic) bond motifs is 1. The highest BCUT2D eigenvalue weighted by Gasteiger charge is 2.06. The number of rotatable bonds is 3. The Labute approximate surface area is 116 Å². The zero-order valence-corrected chi connectivity index (χ0v) is 11.0. The number of hydrogen-bond donors (Lipinski definition) is 2. The molecular weight excluding hydrogens is 252 g/mol. The standard InChI is InChI=1S/C16H14N2O2/c1-20-15-9-5-4-8-13(15)17-14-10-11-6-2-3-7-12(11)18-16(14)19/h2-10,17H,1H3,(H,18,19). The minimum Gasteiger partial charge on any atom is -0.495 e. The third-order valence-electron chi connectivity index (χ3n) is 3.13. The third-order valence-corrected chi connectivity index (χ3v) is 3.13. The van der Waals surface area contributed by atoms with Crippen molar-refractivity contribution in [3.63, 3.8) is 0 Å². The van der Waals surface area contributed by atoms with Gasteiger partial charge in [-0.2, -0.15) is 0 Å². The smallest absolute Gasteiger partial charge is 0.272 e. The molecule has 2 N–H and O–H groups in total. The average molecular weight is 266 g/mol. The van der Waals surface area contributed by atoms with Gasteiger partial charge in [-0.05, 0) is 24.3 Å². The van der Waals surface area contributed by atoms with Crippen LogP contribution < -0.4 is 15.6 Å². The van der Waals surface area contributed by atoms with Crippen LogP contribution in [-0.4, -0.2) is 12.1 Å². The summed E-state index contributed by atoms with van der Waals surface area (Å²) in [6, 6.07) is 17.0. The van der Waals surface area contributed by atoms with E-state index in [1.54, 1.807) is 7.11 Å². The first-order valence-corrected chi connectivity index (χ1v) is 6.30. The van der Waals surface area contributed by atoms with Crippen LogP contribution in [0.2, 0.25) is 0 Å². The first-order chi connectivity index (χ1) is 9.78. The van der Waals surface area contributed by atoms with E-state index in [9.17, 15) is 4.79 Å². The fourth-order valence-electron chi connectivity index (χ4n) is 2.13. The Morgan fingerprint density at radius 2 is 1.75 bits per heavy atom. The van der Waals surface area contributed by atoms with Gasteiger partial charge in [-0.1, -0.05) is 30.3 Å². The largest absolute Gasteiger partial charge is 0.495 e. The van der Waals surface area contributed by atoms with Gasteiger partial charge >= 0.3 is 0 Å². The van der Waals surface area contributed by atoms with E-state index in [-0.39, 0.29) is 5.56 Å². The molecule has 0 aliphatic rings. The topological polar surface area (TPSA) is 54.1 Å². The van der Waals surface area contributed by atoms with Crippen LogP contribution in [-0.2, 0) is 0 Å². The lowest BCUT2D eigenvalue weighted by Crippen LogP contribution is -2.11. The molecule has 0 aliphatic carbocycles. The Morgan fingerprint density at radius 1 is 1.00 bits per heavy atom. The fraction of sp³-hybridized carbons (Fsp3) is 0.0625. The van der Waals surface area contributed by atoms with Crippen LogP contribution in [0.5, 0.6) is 5.75 Å². The van der Waals surface area contributed by atoms with E-state index in [2.05, 4.69) is 10.3 Å². The van der Waals surface area contributed by atoms with Gasteiger partial charge < -0.3 is 15.0 Å². The minimum absolute atomic E-state index is 0.158. The SMILES string of the molecule is COc1ccccc1Nc1cc2ccccc2[nH]c1=O. The van der Waals surface area contributed by atoms with E-state index in [0.29, 0.717) is 11.4 Å². The van der Waals surface area contributed by atoms with Gasteiger partial charge in [0.05, 0.1) is 12.8 Å². The molecule has 2 aromatic carbocycles. The van der Waals surface area contributed by atoms with Crippen molar-refractivity contribution >= 4 is 22.3 Å². The zero-order chi connectivity index (χ0) is 13.9. The quantitative estimate of drug-likeness (QED) is 0.765. The summed E-state index contributed by atoms with van der Waals surface area (Å²) in [5.74, 6) is 0.694. The number of para-hydroxylation sites is 3. The van der Waals surface area contributed by atoms with Crippen LogP contribution in [0.1, 0.15) is 0 Å². The Morgan fingerprint density at radius 3 is 2.60 bits per heavy atom. The second-order valence-electron chi connectivity index (χ2n) is 4.42. The molecule has 0 radical (unpaired) electrons. The molecule has 4 nitrogen and oxygen atoms in total. The van der Waals surface area contributed by atoms with E-state index in [1.807, 2.05) is 54.6 Å². The van der Waals surface area contributed by atoms with Crippen molar-refractivity contribution < 1.29 is 4.74 Å². The molecule has 0 atom stereocenters. The number of H-pyrrole nitrogens is 1. The minimum atomic E-state index is -0.158. The molecule has 3 aromatic rings. The summed E-state index contributed by atoms with van der Waals surface area (Å²) in [4.78, 5) is 14.9. The van der Waals surface area contributed by atoms with E-state index in [4.69, 9.17) is 4.74 Å². The van der Waals surface area contributed by atoms with Gasteiger partial charge in [-0.3, -0.25) is 4.79 Å². The molecule has 0 spiro atoms. The van der Waals surface area contributed by atoms with Crippen LogP contribution in [0.25, 0.3) is 10.9 Å². The van der Waals surface area contributed by atoms with Crippen LogP contribution in [0, 0.1) is 0 Å². The van der Waals surface area contributed by atoms with E-state index < -0.39 is 0 Å².